The normalized spacial score (nSPS) is 12.2. The molecule has 0 spiro atoms. The van der Waals surface area contributed by atoms with Crippen LogP contribution >= 0.6 is 0 Å². The third-order valence-electron chi connectivity index (χ3n) is 5.03. The van der Waals surface area contributed by atoms with E-state index < -0.39 is 5.97 Å². The summed E-state index contributed by atoms with van der Waals surface area (Å²) in [7, 11) is 1.32. The number of pyridine rings is 1. The number of aromatic nitrogens is 1. The molecule has 0 unspecified atom stereocenters. The van der Waals surface area contributed by atoms with Crippen LogP contribution in [0.25, 0.3) is 11.1 Å². The Balaban J connectivity index is 1.64. The van der Waals surface area contributed by atoms with Crippen LogP contribution in [0.2, 0.25) is 0 Å². The monoisotopic (exact) mass is 383 g/mol. The van der Waals surface area contributed by atoms with Gasteiger partial charge in [0.1, 0.15) is 0 Å². The van der Waals surface area contributed by atoms with Crippen LogP contribution in [0.4, 0.5) is 5.69 Å². The maximum Gasteiger partial charge on any atom is 0.337 e. The molecule has 4 rings (SSSR count). The molecule has 1 amide bonds. The fourth-order valence-electron chi connectivity index (χ4n) is 3.52. The SMILES string of the molecule is COC(=O)c1ccc(C(=O)N2CCc3c(-c4ccc(C#N)cc4)cncc32)cc1. The Labute approximate surface area is 168 Å². The minimum absolute atomic E-state index is 0.140. The Bertz CT molecular complexity index is 1130. The van der Waals surface area contributed by atoms with Crippen molar-refractivity contribution < 1.29 is 14.3 Å². The molecule has 0 N–H and O–H groups in total. The third-order valence-corrected chi connectivity index (χ3v) is 5.03. The number of nitriles is 1. The zero-order chi connectivity index (χ0) is 20.4. The van der Waals surface area contributed by atoms with E-state index in [0.717, 1.165) is 28.8 Å². The van der Waals surface area contributed by atoms with Crippen molar-refractivity contribution in [2.24, 2.45) is 0 Å². The van der Waals surface area contributed by atoms with Gasteiger partial charge in [-0.3, -0.25) is 9.78 Å². The van der Waals surface area contributed by atoms with Gasteiger partial charge in [-0.25, -0.2) is 4.79 Å². The number of ether oxygens (including phenoxy) is 1. The van der Waals surface area contributed by atoms with Gasteiger partial charge in [-0.15, -0.1) is 0 Å². The molecule has 6 nitrogen and oxygen atoms in total. The summed E-state index contributed by atoms with van der Waals surface area (Å²) in [5, 5.41) is 8.99. The number of carbonyl (C=O) groups is 2. The smallest absolute Gasteiger partial charge is 0.337 e. The predicted octanol–water partition coefficient (Wildman–Crippen LogP) is 3.61. The molecular formula is C23H17N3O3. The van der Waals surface area contributed by atoms with Gasteiger partial charge < -0.3 is 9.64 Å². The van der Waals surface area contributed by atoms with Crippen molar-refractivity contribution in [2.75, 3.05) is 18.6 Å². The molecule has 2 heterocycles. The van der Waals surface area contributed by atoms with E-state index in [4.69, 9.17) is 10.00 Å². The van der Waals surface area contributed by atoms with Crippen LogP contribution in [-0.2, 0) is 11.2 Å². The summed E-state index contributed by atoms with van der Waals surface area (Å²) < 4.78 is 4.69. The van der Waals surface area contributed by atoms with E-state index in [-0.39, 0.29) is 5.91 Å². The number of amides is 1. The van der Waals surface area contributed by atoms with Crippen LogP contribution in [0.15, 0.2) is 60.9 Å². The second kappa shape index (κ2) is 7.56. The second-order valence-electron chi connectivity index (χ2n) is 6.65. The highest BCUT2D eigenvalue weighted by Gasteiger charge is 2.28. The van der Waals surface area contributed by atoms with Gasteiger partial charge in [0.15, 0.2) is 0 Å². The Morgan fingerprint density at radius 1 is 1.03 bits per heavy atom. The molecule has 29 heavy (non-hydrogen) atoms. The van der Waals surface area contributed by atoms with Gasteiger partial charge in [0.05, 0.1) is 36.2 Å². The lowest BCUT2D eigenvalue weighted by atomic mass is 9.99. The molecule has 1 aromatic heterocycles. The summed E-state index contributed by atoms with van der Waals surface area (Å²) >= 11 is 0. The number of carbonyl (C=O) groups excluding carboxylic acids is 2. The van der Waals surface area contributed by atoms with E-state index in [0.29, 0.717) is 23.2 Å². The number of benzene rings is 2. The largest absolute Gasteiger partial charge is 0.465 e. The fraction of sp³-hybridized carbons (Fsp3) is 0.130. The van der Waals surface area contributed by atoms with Crippen LogP contribution in [-0.4, -0.2) is 30.5 Å². The molecule has 1 aliphatic rings. The Kier molecular flexibility index (Phi) is 4.80. The van der Waals surface area contributed by atoms with E-state index in [2.05, 4.69) is 11.1 Å². The molecule has 0 radical (unpaired) electrons. The van der Waals surface area contributed by atoms with Crippen molar-refractivity contribution in [3.8, 4) is 17.2 Å². The van der Waals surface area contributed by atoms with Gasteiger partial charge >= 0.3 is 5.97 Å². The topological polar surface area (TPSA) is 83.3 Å². The zero-order valence-electron chi connectivity index (χ0n) is 15.8. The van der Waals surface area contributed by atoms with Crippen molar-refractivity contribution in [3.63, 3.8) is 0 Å². The first-order valence-corrected chi connectivity index (χ1v) is 9.10. The number of rotatable bonds is 3. The van der Waals surface area contributed by atoms with Crippen LogP contribution < -0.4 is 4.90 Å². The molecular weight excluding hydrogens is 366 g/mol. The number of anilines is 1. The first kappa shape index (κ1) is 18.4. The molecule has 2 aromatic carbocycles. The van der Waals surface area contributed by atoms with Crippen molar-refractivity contribution in [3.05, 3.63) is 83.2 Å². The van der Waals surface area contributed by atoms with Crippen molar-refractivity contribution >= 4 is 17.6 Å². The molecule has 0 fully saturated rings. The molecule has 3 aromatic rings. The van der Waals surface area contributed by atoms with Crippen molar-refractivity contribution in [1.82, 2.24) is 4.98 Å². The standard InChI is InChI=1S/C23H17N3O3/c1-29-23(28)18-8-6-17(7-9-18)22(27)26-11-10-19-20(13-25-14-21(19)26)16-4-2-15(12-24)3-5-16/h2-9,13-14H,10-11H2,1H3. The summed E-state index contributed by atoms with van der Waals surface area (Å²) in [5.41, 5.74) is 5.26. The van der Waals surface area contributed by atoms with E-state index >= 15 is 0 Å². The van der Waals surface area contributed by atoms with Crippen molar-refractivity contribution in [1.29, 1.82) is 5.26 Å². The maximum atomic E-state index is 13.0. The van der Waals surface area contributed by atoms with E-state index in [9.17, 15) is 9.59 Å². The van der Waals surface area contributed by atoms with Gasteiger partial charge in [0.2, 0.25) is 0 Å². The molecule has 0 aliphatic carbocycles. The molecule has 0 atom stereocenters. The predicted molar refractivity (Wildman–Crippen MR) is 108 cm³/mol. The quantitative estimate of drug-likeness (QED) is 0.645. The average Bonchev–Trinajstić information content (AvgIpc) is 3.22. The molecule has 1 aliphatic heterocycles. The minimum Gasteiger partial charge on any atom is -0.465 e. The van der Waals surface area contributed by atoms with Gasteiger partial charge in [0.25, 0.3) is 5.91 Å². The zero-order valence-corrected chi connectivity index (χ0v) is 15.8. The average molecular weight is 383 g/mol. The highest BCUT2D eigenvalue weighted by atomic mass is 16.5. The second-order valence-corrected chi connectivity index (χ2v) is 6.65. The van der Waals surface area contributed by atoms with E-state index in [1.807, 2.05) is 12.1 Å². The van der Waals surface area contributed by atoms with Gasteiger partial charge in [0, 0.05) is 23.9 Å². The highest BCUT2D eigenvalue weighted by Crippen LogP contribution is 2.36. The van der Waals surface area contributed by atoms with Crippen LogP contribution in [0.3, 0.4) is 0 Å². The fourth-order valence-corrected chi connectivity index (χ4v) is 3.52. The first-order chi connectivity index (χ1) is 14.1. The third kappa shape index (κ3) is 3.34. The summed E-state index contributed by atoms with van der Waals surface area (Å²) in [6.45, 7) is 0.557. The number of hydrogen-bond acceptors (Lipinski definition) is 5. The number of esters is 1. The number of hydrogen-bond donors (Lipinski definition) is 0. The van der Waals surface area contributed by atoms with E-state index in [1.54, 1.807) is 53.7 Å². The number of nitrogens with zero attached hydrogens (tertiary/aromatic N) is 3. The maximum absolute atomic E-state index is 13.0. The summed E-state index contributed by atoms with van der Waals surface area (Å²) in [5.74, 6) is -0.578. The van der Waals surface area contributed by atoms with Crippen LogP contribution in [0, 0.1) is 11.3 Å². The molecule has 0 bridgehead atoms. The Morgan fingerprint density at radius 3 is 2.38 bits per heavy atom. The Hall–Kier alpha value is -3.98. The lowest BCUT2D eigenvalue weighted by Gasteiger charge is -2.17. The molecule has 0 saturated heterocycles. The van der Waals surface area contributed by atoms with Crippen molar-refractivity contribution in [2.45, 2.75) is 6.42 Å². The first-order valence-electron chi connectivity index (χ1n) is 9.10. The summed E-state index contributed by atoms with van der Waals surface area (Å²) in [6, 6.07) is 15.9. The van der Waals surface area contributed by atoms with E-state index in [1.165, 1.54) is 7.11 Å². The van der Waals surface area contributed by atoms with Crippen LogP contribution in [0.5, 0.6) is 0 Å². The Morgan fingerprint density at radius 2 is 1.72 bits per heavy atom. The highest BCUT2D eigenvalue weighted by molar-refractivity contribution is 6.08. The van der Waals surface area contributed by atoms with Crippen LogP contribution in [0.1, 0.15) is 31.8 Å². The number of fused-ring (bicyclic) bond motifs is 1. The summed E-state index contributed by atoms with van der Waals surface area (Å²) in [4.78, 5) is 30.7. The minimum atomic E-state index is -0.438. The lowest BCUT2D eigenvalue weighted by molar-refractivity contribution is 0.0600. The molecule has 0 saturated carbocycles. The molecule has 142 valence electrons. The lowest BCUT2D eigenvalue weighted by Crippen LogP contribution is -2.28. The number of methoxy groups -OCH3 is 1. The summed E-state index contributed by atoms with van der Waals surface area (Å²) in [6.07, 6.45) is 4.22. The van der Waals surface area contributed by atoms with Gasteiger partial charge in [-0.05, 0) is 53.9 Å². The van der Waals surface area contributed by atoms with Gasteiger partial charge in [-0.2, -0.15) is 5.26 Å². The van der Waals surface area contributed by atoms with Gasteiger partial charge in [-0.1, -0.05) is 12.1 Å². The molecule has 6 heteroatoms.